The van der Waals surface area contributed by atoms with Crippen LogP contribution in [0, 0.1) is 5.92 Å². The van der Waals surface area contributed by atoms with Crippen LogP contribution in [0.3, 0.4) is 0 Å². The molecule has 0 bridgehead atoms. The molecule has 1 saturated heterocycles. The molecule has 1 fully saturated rings. The Kier molecular flexibility index (Phi) is 2.84. The van der Waals surface area contributed by atoms with Crippen LogP contribution >= 0.6 is 0 Å². The number of hydrogen-bond acceptors (Lipinski definition) is 3. The van der Waals surface area contributed by atoms with Gasteiger partial charge >= 0.3 is 5.97 Å². The maximum Gasteiger partial charge on any atom is 0.317 e. The molecule has 2 atom stereocenters. The van der Waals surface area contributed by atoms with Crippen LogP contribution < -0.4 is 0 Å². The van der Waals surface area contributed by atoms with Crippen LogP contribution in [0.5, 0.6) is 0 Å². The number of cyclic esters (lactones) is 1. The van der Waals surface area contributed by atoms with Crippen molar-refractivity contribution in [3.8, 4) is 0 Å². The van der Waals surface area contributed by atoms with Crippen molar-refractivity contribution < 1.29 is 14.3 Å². The second-order valence-corrected chi connectivity index (χ2v) is 3.18. The van der Waals surface area contributed by atoms with E-state index in [4.69, 9.17) is 4.74 Å². The van der Waals surface area contributed by atoms with Gasteiger partial charge in [-0.25, -0.2) is 0 Å². The first-order chi connectivity index (χ1) is 5.66. The number of carbonyl (C=O) groups is 2. The Morgan fingerprint density at radius 3 is 2.50 bits per heavy atom. The Bertz CT molecular complexity index is 198. The number of unbranched alkanes of at least 4 members (excludes halogenated alkanes) is 1. The Labute approximate surface area is 72.1 Å². The third-order valence-corrected chi connectivity index (χ3v) is 2.17. The van der Waals surface area contributed by atoms with Crippen LogP contribution in [0.1, 0.15) is 33.1 Å². The lowest BCUT2D eigenvalue weighted by Crippen LogP contribution is -2.18. The number of hydrogen-bond donors (Lipinski definition) is 0. The molecule has 0 radical (unpaired) electrons. The largest absolute Gasteiger partial charge is 0.454 e. The molecule has 0 aliphatic carbocycles. The van der Waals surface area contributed by atoms with Gasteiger partial charge < -0.3 is 4.74 Å². The molecule has 0 saturated carbocycles. The van der Waals surface area contributed by atoms with E-state index in [1.807, 2.05) is 6.92 Å². The zero-order valence-corrected chi connectivity index (χ0v) is 7.50. The number of rotatable bonds is 3. The molecule has 0 aromatic rings. The van der Waals surface area contributed by atoms with Crippen LogP contribution in [0.2, 0.25) is 0 Å². The lowest BCUT2D eigenvalue weighted by Gasteiger charge is -2.00. The van der Waals surface area contributed by atoms with E-state index in [2.05, 4.69) is 0 Å². The molecule has 0 aromatic heterocycles. The van der Waals surface area contributed by atoms with Crippen LogP contribution in [0.15, 0.2) is 0 Å². The summed E-state index contributed by atoms with van der Waals surface area (Å²) >= 11 is 0. The Morgan fingerprint density at radius 1 is 1.42 bits per heavy atom. The molecule has 0 N–H and O–H groups in total. The highest BCUT2D eigenvalue weighted by Crippen LogP contribution is 2.21. The summed E-state index contributed by atoms with van der Waals surface area (Å²) in [5.41, 5.74) is 0. The lowest BCUT2D eigenvalue weighted by atomic mass is 9.98. The molecule has 0 amide bonds. The van der Waals surface area contributed by atoms with E-state index in [0.29, 0.717) is 6.42 Å². The topological polar surface area (TPSA) is 43.4 Å². The van der Waals surface area contributed by atoms with Crippen molar-refractivity contribution in [1.82, 2.24) is 0 Å². The molecule has 0 aromatic carbocycles. The standard InChI is InChI=1S/C9H14O3/c1-3-4-5-7-8(10)6(2)12-9(7)11/h6-7H,3-5H2,1-2H3. The van der Waals surface area contributed by atoms with E-state index < -0.39 is 12.0 Å². The first-order valence-corrected chi connectivity index (χ1v) is 4.41. The van der Waals surface area contributed by atoms with E-state index in [9.17, 15) is 9.59 Å². The fourth-order valence-corrected chi connectivity index (χ4v) is 1.38. The summed E-state index contributed by atoms with van der Waals surface area (Å²) in [6.45, 7) is 3.67. The molecule has 3 nitrogen and oxygen atoms in total. The average Bonchev–Trinajstić information content (AvgIpc) is 2.25. The zero-order valence-electron chi connectivity index (χ0n) is 7.50. The van der Waals surface area contributed by atoms with Gasteiger partial charge in [0.05, 0.1) is 0 Å². The molecule has 1 aliphatic heterocycles. The first kappa shape index (κ1) is 9.23. The number of esters is 1. The highest BCUT2D eigenvalue weighted by molar-refractivity contribution is 6.06. The molecule has 12 heavy (non-hydrogen) atoms. The zero-order chi connectivity index (χ0) is 9.14. The molecule has 1 aliphatic rings. The van der Waals surface area contributed by atoms with Crippen molar-refractivity contribution in [2.45, 2.75) is 39.2 Å². The minimum Gasteiger partial charge on any atom is -0.454 e. The lowest BCUT2D eigenvalue weighted by molar-refractivity contribution is -0.144. The Morgan fingerprint density at radius 2 is 2.08 bits per heavy atom. The molecular formula is C9H14O3. The highest BCUT2D eigenvalue weighted by atomic mass is 16.6. The van der Waals surface area contributed by atoms with Crippen LogP contribution in [-0.2, 0) is 14.3 Å². The van der Waals surface area contributed by atoms with Crippen molar-refractivity contribution in [2.75, 3.05) is 0 Å². The van der Waals surface area contributed by atoms with Crippen LogP contribution in [0.25, 0.3) is 0 Å². The summed E-state index contributed by atoms with van der Waals surface area (Å²) in [4.78, 5) is 22.3. The molecule has 1 heterocycles. The Balaban J connectivity index is 2.52. The maximum atomic E-state index is 11.3. The van der Waals surface area contributed by atoms with Crippen molar-refractivity contribution in [3.63, 3.8) is 0 Å². The molecule has 1 rings (SSSR count). The van der Waals surface area contributed by atoms with E-state index >= 15 is 0 Å². The third-order valence-electron chi connectivity index (χ3n) is 2.17. The summed E-state index contributed by atoms with van der Waals surface area (Å²) in [5, 5.41) is 0. The second-order valence-electron chi connectivity index (χ2n) is 3.18. The van der Waals surface area contributed by atoms with Gasteiger partial charge in [0.15, 0.2) is 11.9 Å². The smallest absolute Gasteiger partial charge is 0.317 e. The van der Waals surface area contributed by atoms with Gasteiger partial charge in [0, 0.05) is 0 Å². The fraction of sp³-hybridized carbons (Fsp3) is 0.778. The average molecular weight is 170 g/mol. The fourth-order valence-electron chi connectivity index (χ4n) is 1.38. The summed E-state index contributed by atoms with van der Waals surface area (Å²) in [7, 11) is 0. The highest BCUT2D eigenvalue weighted by Gasteiger charge is 2.39. The van der Waals surface area contributed by atoms with Crippen molar-refractivity contribution in [2.24, 2.45) is 5.92 Å². The van der Waals surface area contributed by atoms with Crippen molar-refractivity contribution in [1.29, 1.82) is 0 Å². The number of carbonyl (C=O) groups excluding carboxylic acids is 2. The van der Waals surface area contributed by atoms with Crippen molar-refractivity contribution in [3.05, 3.63) is 0 Å². The number of ketones is 1. The van der Waals surface area contributed by atoms with Gasteiger partial charge in [-0.05, 0) is 13.3 Å². The molecular weight excluding hydrogens is 156 g/mol. The van der Waals surface area contributed by atoms with Gasteiger partial charge in [-0.15, -0.1) is 0 Å². The number of ether oxygens (including phenoxy) is 1. The van der Waals surface area contributed by atoms with E-state index in [1.165, 1.54) is 0 Å². The van der Waals surface area contributed by atoms with Gasteiger partial charge in [-0.1, -0.05) is 19.8 Å². The minimum absolute atomic E-state index is 0.0477. The first-order valence-electron chi connectivity index (χ1n) is 4.41. The molecule has 3 heteroatoms. The van der Waals surface area contributed by atoms with Gasteiger partial charge in [-0.2, -0.15) is 0 Å². The molecule has 0 spiro atoms. The van der Waals surface area contributed by atoms with Crippen LogP contribution in [-0.4, -0.2) is 17.9 Å². The van der Waals surface area contributed by atoms with Gasteiger partial charge in [0.2, 0.25) is 0 Å². The predicted molar refractivity (Wildman–Crippen MR) is 43.6 cm³/mol. The SMILES string of the molecule is CCCCC1C(=O)OC(C)C1=O. The summed E-state index contributed by atoms with van der Waals surface area (Å²) in [6, 6.07) is 0. The quantitative estimate of drug-likeness (QED) is 0.473. The van der Waals surface area contributed by atoms with Crippen LogP contribution in [0.4, 0.5) is 0 Å². The Hall–Kier alpha value is -0.860. The van der Waals surface area contributed by atoms with E-state index in [-0.39, 0.29) is 11.8 Å². The summed E-state index contributed by atoms with van der Waals surface area (Å²) in [5.74, 6) is -0.852. The monoisotopic (exact) mass is 170 g/mol. The van der Waals surface area contributed by atoms with Gasteiger partial charge in [-0.3, -0.25) is 9.59 Å². The predicted octanol–water partition coefficient (Wildman–Crippen LogP) is 1.31. The second kappa shape index (κ2) is 3.70. The summed E-state index contributed by atoms with van der Waals surface area (Å²) < 4.78 is 4.79. The maximum absolute atomic E-state index is 11.3. The van der Waals surface area contributed by atoms with Crippen molar-refractivity contribution >= 4 is 11.8 Å². The minimum atomic E-state index is -0.514. The molecule has 68 valence electrons. The van der Waals surface area contributed by atoms with Gasteiger partial charge in [0.1, 0.15) is 5.92 Å². The normalized spacial score (nSPS) is 29.2. The summed E-state index contributed by atoms with van der Waals surface area (Å²) in [6.07, 6.45) is 2.06. The van der Waals surface area contributed by atoms with E-state index in [0.717, 1.165) is 12.8 Å². The third kappa shape index (κ3) is 1.65. The number of Topliss-reactive ketones (excluding diaryl/α,β-unsaturated/α-hetero) is 1. The van der Waals surface area contributed by atoms with Gasteiger partial charge in [0.25, 0.3) is 0 Å². The van der Waals surface area contributed by atoms with E-state index in [1.54, 1.807) is 6.92 Å². The molecule has 2 unspecified atom stereocenters.